The highest BCUT2D eigenvalue weighted by molar-refractivity contribution is 7.98. The minimum absolute atomic E-state index is 0.00982. The highest BCUT2D eigenvalue weighted by atomic mass is 32.2. The number of rotatable bonds is 11. The first-order valence-corrected chi connectivity index (χ1v) is 8.71. The fraction of sp³-hybridized carbons (Fsp3) is 0.929. The Bertz CT molecular complexity index is 235. The van der Waals surface area contributed by atoms with E-state index in [4.69, 9.17) is 5.73 Å². The van der Waals surface area contributed by atoms with Crippen molar-refractivity contribution in [3.63, 3.8) is 0 Å². The molecule has 4 nitrogen and oxygen atoms in total. The van der Waals surface area contributed by atoms with E-state index in [0.29, 0.717) is 0 Å². The van der Waals surface area contributed by atoms with Gasteiger partial charge in [-0.1, -0.05) is 13.8 Å². The van der Waals surface area contributed by atoms with Gasteiger partial charge in [0, 0.05) is 6.04 Å². The molecule has 5 heteroatoms. The van der Waals surface area contributed by atoms with E-state index >= 15 is 0 Å². The number of thioether (sulfide) groups is 1. The van der Waals surface area contributed by atoms with Gasteiger partial charge in [0.05, 0.1) is 6.04 Å². The maximum Gasteiger partial charge on any atom is 0.237 e. The van der Waals surface area contributed by atoms with Crippen molar-refractivity contribution in [3.05, 3.63) is 0 Å². The molecule has 0 aromatic heterocycles. The Morgan fingerprint density at radius 3 is 2.47 bits per heavy atom. The number of nitrogens with zero attached hydrogens (tertiary/aromatic N) is 1. The van der Waals surface area contributed by atoms with Crippen LogP contribution < -0.4 is 11.1 Å². The molecule has 0 saturated carbocycles. The Morgan fingerprint density at radius 1 is 1.32 bits per heavy atom. The Labute approximate surface area is 122 Å². The van der Waals surface area contributed by atoms with E-state index in [0.717, 1.165) is 44.6 Å². The zero-order valence-corrected chi connectivity index (χ0v) is 13.8. The van der Waals surface area contributed by atoms with Crippen LogP contribution in [0.2, 0.25) is 0 Å². The summed E-state index contributed by atoms with van der Waals surface area (Å²) in [5, 5.41) is 3.01. The van der Waals surface area contributed by atoms with E-state index < -0.39 is 0 Å². The van der Waals surface area contributed by atoms with Crippen molar-refractivity contribution < 1.29 is 4.79 Å². The molecule has 0 aromatic rings. The highest BCUT2D eigenvalue weighted by Gasteiger charge is 2.15. The molecule has 0 fully saturated rings. The van der Waals surface area contributed by atoms with E-state index in [-0.39, 0.29) is 18.0 Å². The van der Waals surface area contributed by atoms with Gasteiger partial charge in [-0.3, -0.25) is 4.79 Å². The molecule has 0 heterocycles. The van der Waals surface area contributed by atoms with E-state index in [9.17, 15) is 4.79 Å². The van der Waals surface area contributed by atoms with Crippen LogP contribution in [0.3, 0.4) is 0 Å². The largest absolute Gasteiger partial charge is 0.352 e. The third-order valence-electron chi connectivity index (χ3n) is 3.36. The second-order valence-corrected chi connectivity index (χ2v) is 5.95. The van der Waals surface area contributed by atoms with Gasteiger partial charge in [-0.05, 0) is 57.8 Å². The van der Waals surface area contributed by atoms with Crippen LogP contribution in [0.15, 0.2) is 0 Å². The molecule has 114 valence electrons. The summed E-state index contributed by atoms with van der Waals surface area (Å²) in [6.45, 7) is 9.71. The van der Waals surface area contributed by atoms with Gasteiger partial charge in [-0.25, -0.2) is 0 Å². The molecule has 0 aliphatic carbocycles. The van der Waals surface area contributed by atoms with Crippen LogP contribution in [0, 0.1) is 0 Å². The molecule has 0 bridgehead atoms. The summed E-state index contributed by atoms with van der Waals surface area (Å²) >= 11 is 1.72. The minimum atomic E-state index is -0.363. The Kier molecular flexibility index (Phi) is 11.4. The van der Waals surface area contributed by atoms with Crippen molar-refractivity contribution in [2.45, 2.75) is 52.1 Å². The van der Waals surface area contributed by atoms with Crippen molar-refractivity contribution in [1.82, 2.24) is 10.2 Å². The van der Waals surface area contributed by atoms with Crippen molar-refractivity contribution in [3.8, 4) is 0 Å². The molecule has 2 atom stereocenters. The second kappa shape index (κ2) is 11.6. The number of nitrogens with two attached hydrogens (primary N) is 1. The highest BCUT2D eigenvalue weighted by Crippen LogP contribution is 2.02. The summed E-state index contributed by atoms with van der Waals surface area (Å²) in [4.78, 5) is 14.2. The summed E-state index contributed by atoms with van der Waals surface area (Å²) in [6.07, 6.45) is 4.90. The number of nitrogens with one attached hydrogen (secondary N) is 1. The summed E-state index contributed by atoms with van der Waals surface area (Å²) < 4.78 is 0. The number of carbonyl (C=O) groups is 1. The smallest absolute Gasteiger partial charge is 0.237 e. The lowest BCUT2D eigenvalue weighted by atomic mass is 10.1. The number of carbonyl (C=O) groups excluding carboxylic acids is 1. The lowest BCUT2D eigenvalue weighted by molar-refractivity contribution is -0.123. The number of hydrogen-bond donors (Lipinski definition) is 2. The van der Waals surface area contributed by atoms with Crippen molar-refractivity contribution in [2.24, 2.45) is 5.73 Å². The lowest BCUT2D eigenvalue weighted by Gasteiger charge is -2.20. The van der Waals surface area contributed by atoms with Crippen LogP contribution >= 0.6 is 11.8 Å². The second-order valence-electron chi connectivity index (χ2n) is 4.97. The predicted molar refractivity (Wildman–Crippen MR) is 85.6 cm³/mol. The zero-order chi connectivity index (χ0) is 14.7. The van der Waals surface area contributed by atoms with Crippen LogP contribution in [0.25, 0.3) is 0 Å². The number of amides is 1. The molecule has 1 amide bonds. The molecule has 0 radical (unpaired) electrons. The predicted octanol–water partition coefficient (Wildman–Crippen LogP) is 1.69. The van der Waals surface area contributed by atoms with Gasteiger partial charge in [0.15, 0.2) is 0 Å². The van der Waals surface area contributed by atoms with Crippen molar-refractivity contribution in [1.29, 1.82) is 0 Å². The maximum atomic E-state index is 11.8. The van der Waals surface area contributed by atoms with Gasteiger partial charge in [0.2, 0.25) is 5.91 Å². The average Bonchev–Trinajstić information content (AvgIpc) is 2.40. The fourth-order valence-electron chi connectivity index (χ4n) is 1.96. The molecular weight excluding hydrogens is 258 g/mol. The molecule has 0 spiro atoms. The monoisotopic (exact) mass is 289 g/mol. The molecule has 19 heavy (non-hydrogen) atoms. The van der Waals surface area contributed by atoms with Crippen molar-refractivity contribution in [2.75, 3.05) is 31.6 Å². The first-order valence-electron chi connectivity index (χ1n) is 7.32. The first-order chi connectivity index (χ1) is 9.04. The molecule has 0 saturated heterocycles. The topological polar surface area (TPSA) is 58.4 Å². The summed E-state index contributed by atoms with van der Waals surface area (Å²) in [5.74, 6) is 0.926. The van der Waals surface area contributed by atoms with E-state index in [1.165, 1.54) is 0 Å². The van der Waals surface area contributed by atoms with Gasteiger partial charge >= 0.3 is 0 Å². The van der Waals surface area contributed by atoms with E-state index in [1.54, 1.807) is 11.8 Å². The molecule has 1 unspecified atom stereocenters. The molecule has 0 aliphatic heterocycles. The van der Waals surface area contributed by atoms with Crippen LogP contribution in [0.4, 0.5) is 0 Å². The molecule has 0 rings (SSSR count). The number of hydrogen-bond acceptors (Lipinski definition) is 4. The minimum Gasteiger partial charge on any atom is -0.352 e. The third kappa shape index (κ3) is 9.30. The third-order valence-corrected chi connectivity index (χ3v) is 4.01. The molecule has 0 aromatic carbocycles. The maximum absolute atomic E-state index is 11.8. The van der Waals surface area contributed by atoms with Crippen LogP contribution in [0.5, 0.6) is 0 Å². The van der Waals surface area contributed by atoms with Gasteiger partial charge in [-0.2, -0.15) is 11.8 Å². The molecule has 0 aliphatic rings. The van der Waals surface area contributed by atoms with E-state index in [2.05, 4.69) is 31.0 Å². The first kappa shape index (κ1) is 18.7. The standard InChI is InChI=1S/C14H31N3OS/c1-5-17(6-2)10-7-8-12(3)16-14(18)13(15)9-11-19-4/h12-13H,5-11,15H2,1-4H3,(H,16,18)/t12?,13-/m0/s1. The van der Waals surface area contributed by atoms with Crippen molar-refractivity contribution >= 4 is 17.7 Å². The summed E-state index contributed by atoms with van der Waals surface area (Å²) in [7, 11) is 0. The quantitative estimate of drug-likeness (QED) is 0.608. The van der Waals surface area contributed by atoms with Crippen LogP contribution in [-0.4, -0.2) is 54.5 Å². The SMILES string of the molecule is CCN(CC)CCCC(C)NC(=O)[C@@H](N)CCSC. The fourth-order valence-corrected chi connectivity index (χ4v) is 2.45. The van der Waals surface area contributed by atoms with Crippen LogP contribution in [0.1, 0.15) is 40.0 Å². The molecule has 3 N–H and O–H groups in total. The zero-order valence-electron chi connectivity index (χ0n) is 12.9. The van der Waals surface area contributed by atoms with Crippen LogP contribution in [-0.2, 0) is 4.79 Å². The normalized spacial score (nSPS) is 14.4. The van der Waals surface area contributed by atoms with Gasteiger partial charge in [-0.15, -0.1) is 0 Å². The summed E-state index contributed by atoms with van der Waals surface area (Å²) in [5.41, 5.74) is 5.84. The Morgan fingerprint density at radius 2 is 1.95 bits per heavy atom. The van der Waals surface area contributed by atoms with Gasteiger partial charge in [0.25, 0.3) is 0 Å². The molecular formula is C14H31N3OS. The average molecular weight is 289 g/mol. The summed E-state index contributed by atoms with van der Waals surface area (Å²) in [6, 6.07) is -0.152. The Hall–Kier alpha value is -0.260. The van der Waals surface area contributed by atoms with Gasteiger partial charge in [0.1, 0.15) is 0 Å². The van der Waals surface area contributed by atoms with Gasteiger partial charge < -0.3 is 16.0 Å². The lowest BCUT2D eigenvalue weighted by Crippen LogP contribution is -2.44. The van der Waals surface area contributed by atoms with E-state index in [1.807, 2.05) is 6.26 Å². The Balaban J connectivity index is 3.78.